The summed E-state index contributed by atoms with van der Waals surface area (Å²) in [6, 6.07) is 1.28. The molecule has 8 nitrogen and oxygen atoms in total. The van der Waals surface area contributed by atoms with Crippen LogP contribution in [-0.4, -0.2) is 36.9 Å². The summed E-state index contributed by atoms with van der Waals surface area (Å²) in [5, 5.41) is 2.80. The topological polar surface area (TPSA) is 136 Å². The Morgan fingerprint density at radius 3 is 2.55 bits per heavy atom. The first-order valence-corrected chi connectivity index (χ1v) is 11.4. The van der Waals surface area contributed by atoms with Crippen molar-refractivity contribution >= 4 is 32.4 Å². The van der Waals surface area contributed by atoms with Crippen molar-refractivity contribution in [2.24, 2.45) is 23.3 Å². The average Bonchev–Trinajstić information content (AvgIpc) is 3.16. The molecule has 0 bridgehead atoms. The van der Waals surface area contributed by atoms with Gasteiger partial charge in [0.15, 0.2) is 0 Å². The van der Waals surface area contributed by atoms with Gasteiger partial charge >= 0.3 is 0 Å². The summed E-state index contributed by atoms with van der Waals surface area (Å²) in [7, 11) is -4.34. The average molecular weight is 449 g/mol. The zero-order chi connectivity index (χ0) is 21.6. The van der Waals surface area contributed by atoms with Gasteiger partial charge in [0.25, 0.3) is 10.0 Å². The van der Waals surface area contributed by atoms with Gasteiger partial charge in [0.1, 0.15) is 22.9 Å². The van der Waals surface area contributed by atoms with E-state index in [0.717, 1.165) is 36.8 Å². The van der Waals surface area contributed by atoms with E-state index in [9.17, 15) is 17.2 Å². The molecule has 1 aromatic heterocycles. The van der Waals surface area contributed by atoms with Gasteiger partial charge in [-0.1, -0.05) is 13.3 Å². The molecule has 0 saturated carbocycles. The van der Waals surface area contributed by atoms with Crippen LogP contribution in [0.25, 0.3) is 0 Å². The molecule has 0 radical (unpaired) electrons. The minimum absolute atomic E-state index is 0.00607. The maximum atomic E-state index is 14.5. The van der Waals surface area contributed by atoms with Crippen LogP contribution >= 0.6 is 11.5 Å². The molecule has 162 valence electrons. The maximum Gasteiger partial charge on any atom is 0.266 e. The molecular formula is C17H26F2N6O2S2. The van der Waals surface area contributed by atoms with E-state index in [0.29, 0.717) is 19.2 Å². The fourth-order valence-electron chi connectivity index (χ4n) is 2.84. The highest BCUT2D eigenvalue weighted by atomic mass is 32.2. The number of sulfonamides is 1. The van der Waals surface area contributed by atoms with Crippen molar-refractivity contribution in [3.05, 3.63) is 30.1 Å². The van der Waals surface area contributed by atoms with Crippen LogP contribution in [0.4, 0.5) is 19.6 Å². The summed E-state index contributed by atoms with van der Waals surface area (Å²) in [6.07, 6.45) is 2.80. The van der Waals surface area contributed by atoms with E-state index in [4.69, 9.17) is 11.5 Å². The van der Waals surface area contributed by atoms with Crippen LogP contribution in [-0.2, 0) is 10.0 Å². The fraction of sp³-hybridized carbons (Fsp3) is 0.529. The van der Waals surface area contributed by atoms with Gasteiger partial charge in [0, 0.05) is 30.2 Å². The van der Waals surface area contributed by atoms with E-state index < -0.39 is 26.6 Å². The van der Waals surface area contributed by atoms with Gasteiger partial charge in [-0.05, 0) is 37.8 Å². The molecule has 6 N–H and O–H groups in total. The van der Waals surface area contributed by atoms with Crippen LogP contribution < -0.4 is 21.5 Å². The van der Waals surface area contributed by atoms with Crippen molar-refractivity contribution in [1.82, 2.24) is 9.36 Å². The van der Waals surface area contributed by atoms with Gasteiger partial charge in [-0.15, -0.1) is 0 Å². The third-order valence-electron chi connectivity index (χ3n) is 4.74. The highest BCUT2D eigenvalue weighted by Crippen LogP contribution is 2.26. The third-order valence-corrected chi connectivity index (χ3v) is 6.80. The number of hydrogen-bond donors (Lipinski definition) is 4. The number of rotatable bonds is 11. The Balaban J connectivity index is 2.16. The van der Waals surface area contributed by atoms with Crippen molar-refractivity contribution in [3.8, 4) is 0 Å². The van der Waals surface area contributed by atoms with E-state index in [1.165, 1.54) is 0 Å². The van der Waals surface area contributed by atoms with Gasteiger partial charge in [-0.25, -0.2) is 22.2 Å². The highest BCUT2D eigenvalue weighted by Gasteiger charge is 2.24. The van der Waals surface area contributed by atoms with Crippen LogP contribution in [0.2, 0.25) is 0 Å². The summed E-state index contributed by atoms with van der Waals surface area (Å²) in [4.78, 5) is 2.86. The predicted octanol–water partition coefficient (Wildman–Crippen LogP) is 2.37. The zero-order valence-corrected chi connectivity index (χ0v) is 17.9. The number of nitrogens with one attached hydrogen (secondary N) is 2. The van der Waals surface area contributed by atoms with E-state index in [1.807, 2.05) is 13.8 Å². The van der Waals surface area contributed by atoms with Gasteiger partial charge in [-0.2, -0.15) is 4.37 Å². The van der Waals surface area contributed by atoms with E-state index in [-0.39, 0.29) is 28.7 Å². The monoisotopic (exact) mass is 448 g/mol. The van der Waals surface area contributed by atoms with Gasteiger partial charge in [-0.3, -0.25) is 4.72 Å². The molecule has 3 atom stereocenters. The molecule has 2 rings (SSSR count). The molecule has 0 saturated heterocycles. The summed E-state index contributed by atoms with van der Waals surface area (Å²) >= 11 is 0.779. The SMILES string of the molecule is CCC(CN)CC(CNc1cc(F)c(S(=O)(=O)Nc2ncns2)cc1F)C(C)N. The molecule has 1 heterocycles. The number of halogens is 2. The van der Waals surface area contributed by atoms with E-state index in [2.05, 4.69) is 19.4 Å². The van der Waals surface area contributed by atoms with Gasteiger partial charge in [0.05, 0.1) is 5.69 Å². The zero-order valence-electron chi connectivity index (χ0n) is 16.2. The number of benzene rings is 1. The molecule has 29 heavy (non-hydrogen) atoms. The van der Waals surface area contributed by atoms with Crippen molar-refractivity contribution in [2.75, 3.05) is 23.1 Å². The second-order valence-corrected chi connectivity index (χ2v) is 9.29. The standard InChI is InChI=1S/C17H26F2N6O2S2/c1-3-11(7-20)4-12(10(2)21)8-22-15-5-14(19)16(6-13(15)18)29(26,27)25-17-23-9-24-28-17/h5-6,9-12,22H,3-4,7-8,20-21H2,1-2H3,(H,23,24,25). The quantitative estimate of drug-likeness (QED) is 0.414. The molecule has 1 aromatic carbocycles. The van der Waals surface area contributed by atoms with Crippen molar-refractivity contribution in [3.63, 3.8) is 0 Å². The predicted molar refractivity (Wildman–Crippen MR) is 110 cm³/mol. The number of hydrogen-bond acceptors (Lipinski definition) is 8. The summed E-state index contributed by atoms with van der Waals surface area (Å²) in [5.41, 5.74) is 11.6. The van der Waals surface area contributed by atoms with Crippen LogP contribution in [0.3, 0.4) is 0 Å². The molecule has 0 spiro atoms. The van der Waals surface area contributed by atoms with Crippen LogP contribution in [0.5, 0.6) is 0 Å². The molecule has 3 unspecified atom stereocenters. The number of aromatic nitrogens is 2. The Morgan fingerprint density at radius 1 is 1.28 bits per heavy atom. The number of nitrogens with zero attached hydrogens (tertiary/aromatic N) is 2. The Labute approximate surface area is 173 Å². The van der Waals surface area contributed by atoms with Crippen LogP contribution in [0.15, 0.2) is 23.4 Å². The van der Waals surface area contributed by atoms with Crippen LogP contribution in [0.1, 0.15) is 26.7 Å². The highest BCUT2D eigenvalue weighted by molar-refractivity contribution is 7.93. The smallest absolute Gasteiger partial charge is 0.266 e. The largest absolute Gasteiger partial charge is 0.382 e. The van der Waals surface area contributed by atoms with Crippen molar-refractivity contribution < 1.29 is 17.2 Å². The lowest BCUT2D eigenvalue weighted by atomic mass is 9.88. The fourth-order valence-corrected chi connectivity index (χ4v) is 4.57. The van der Waals surface area contributed by atoms with E-state index >= 15 is 0 Å². The third kappa shape index (κ3) is 6.29. The van der Waals surface area contributed by atoms with Gasteiger partial charge in [0.2, 0.25) is 5.13 Å². The number of anilines is 2. The molecule has 0 aliphatic carbocycles. The number of nitrogens with two attached hydrogens (primary N) is 2. The van der Waals surface area contributed by atoms with Crippen molar-refractivity contribution in [2.45, 2.75) is 37.6 Å². The summed E-state index contributed by atoms with van der Waals surface area (Å²) in [5.74, 6) is -1.70. The lowest BCUT2D eigenvalue weighted by Crippen LogP contribution is -2.35. The first kappa shape index (κ1) is 23.4. The Bertz CT molecular complexity index is 890. The lowest BCUT2D eigenvalue weighted by molar-refractivity contribution is 0.341. The molecule has 2 aromatic rings. The molecule has 12 heteroatoms. The Kier molecular flexibility index (Phi) is 8.25. The minimum Gasteiger partial charge on any atom is -0.382 e. The first-order valence-electron chi connectivity index (χ1n) is 9.16. The molecule has 0 aliphatic heterocycles. The lowest BCUT2D eigenvalue weighted by Gasteiger charge is -2.26. The second kappa shape index (κ2) is 10.2. The normalized spacial score (nSPS) is 15.0. The second-order valence-electron chi connectivity index (χ2n) is 6.86. The maximum absolute atomic E-state index is 14.5. The summed E-state index contributed by atoms with van der Waals surface area (Å²) in [6.45, 7) is 4.71. The Morgan fingerprint density at radius 2 is 2.00 bits per heavy atom. The van der Waals surface area contributed by atoms with Crippen LogP contribution in [0, 0.1) is 23.5 Å². The molecule has 0 aliphatic rings. The van der Waals surface area contributed by atoms with E-state index in [1.54, 1.807) is 0 Å². The minimum atomic E-state index is -4.34. The van der Waals surface area contributed by atoms with Gasteiger partial charge < -0.3 is 16.8 Å². The molecule has 0 fully saturated rings. The Hall–Kier alpha value is -1.89. The first-order chi connectivity index (χ1) is 13.7. The molecular weight excluding hydrogens is 422 g/mol. The summed E-state index contributed by atoms with van der Waals surface area (Å²) < 4.78 is 59.3. The van der Waals surface area contributed by atoms with Crippen molar-refractivity contribution in [1.29, 1.82) is 0 Å². The molecule has 0 amide bonds.